The van der Waals surface area contributed by atoms with E-state index in [1.807, 2.05) is 6.92 Å². The molecule has 0 aliphatic carbocycles. The standard InChI is InChI=1S/C16H16F3NO/c1-2-20-9-11-6-7-13(17)12(8-11)10-21-15-5-3-4-14(18)16(15)19/h3-8,20H,2,9-10H2,1H3. The maximum absolute atomic E-state index is 13.7. The summed E-state index contributed by atoms with van der Waals surface area (Å²) in [4.78, 5) is 0. The van der Waals surface area contributed by atoms with Gasteiger partial charge in [0.1, 0.15) is 12.4 Å². The first-order valence-corrected chi connectivity index (χ1v) is 6.66. The Balaban J connectivity index is 2.10. The highest BCUT2D eigenvalue weighted by molar-refractivity contribution is 5.28. The molecular weight excluding hydrogens is 279 g/mol. The Bertz CT molecular complexity index is 616. The molecule has 0 radical (unpaired) electrons. The van der Waals surface area contributed by atoms with Crippen molar-refractivity contribution < 1.29 is 17.9 Å². The molecule has 0 saturated carbocycles. The molecule has 0 bridgehead atoms. The minimum atomic E-state index is -1.07. The monoisotopic (exact) mass is 295 g/mol. The molecule has 112 valence electrons. The average Bonchev–Trinajstić information content (AvgIpc) is 2.49. The van der Waals surface area contributed by atoms with Crippen LogP contribution >= 0.6 is 0 Å². The van der Waals surface area contributed by atoms with Crippen LogP contribution in [0.4, 0.5) is 13.2 Å². The molecule has 0 aliphatic heterocycles. The molecule has 5 heteroatoms. The molecule has 21 heavy (non-hydrogen) atoms. The van der Waals surface area contributed by atoms with E-state index in [1.165, 1.54) is 18.2 Å². The fourth-order valence-electron chi connectivity index (χ4n) is 1.87. The minimum Gasteiger partial charge on any atom is -0.486 e. The summed E-state index contributed by atoms with van der Waals surface area (Å²) >= 11 is 0. The van der Waals surface area contributed by atoms with Crippen molar-refractivity contribution in [3.63, 3.8) is 0 Å². The molecule has 0 spiro atoms. The molecule has 0 fully saturated rings. The van der Waals surface area contributed by atoms with Crippen molar-refractivity contribution in [3.05, 3.63) is 65.0 Å². The smallest absolute Gasteiger partial charge is 0.200 e. The molecule has 0 amide bonds. The number of hydrogen-bond donors (Lipinski definition) is 1. The fourth-order valence-corrected chi connectivity index (χ4v) is 1.87. The third-order valence-corrected chi connectivity index (χ3v) is 2.99. The Hall–Kier alpha value is -2.01. The lowest BCUT2D eigenvalue weighted by atomic mass is 10.1. The van der Waals surface area contributed by atoms with E-state index < -0.39 is 17.5 Å². The van der Waals surface area contributed by atoms with Crippen LogP contribution in [0.5, 0.6) is 5.75 Å². The lowest BCUT2D eigenvalue weighted by molar-refractivity contribution is 0.279. The van der Waals surface area contributed by atoms with Crippen molar-refractivity contribution in [3.8, 4) is 5.75 Å². The van der Waals surface area contributed by atoms with Gasteiger partial charge in [-0.25, -0.2) is 8.78 Å². The Kier molecular flexibility index (Phi) is 5.22. The van der Waals surface area contributed by atoms with Gasteiger partial charge in [0.2, 0.25) is 5.82 Å². The first-order chi connectivity index (χ1) is 10.1. The highest BCUT2D eigenvalue weighted by Crippen LogP contribution is 2.21. The molecule has 2 nitrogen and oxygen atoms in total. The van der Waals surface area contributed by atoms with Crippen molar-refractivity contribution in [2.75, 3.05) is 6.54 Å². The minimum absolute atomic E-state index is 0.161. The van der Waals surface area contributed by atoms with Crippen LogP contribution in [0.2, 0.25) is 0 Å². The number of ether oxygens (including phenoxy) is 1. The van der Waals surface area contributed by atoms with Gasteiger partial charge in [0.15, 0.2) is 11.6 Å². The maximum atomic E-state index is 13.7. The molecule has 0 atom stereocenters. The average molecular weight is 295 g/mol. The largest absolute Gasteiger partial charge is 0.486 e. The molecule has 0 aliphatic rings. The van der Waals surface area contributed by atoms with E-state index in [4.69, 9.17) is 4.74 Å². The van der Waals surface area contributed by atoms with E-state index in [9.17, 15) is 13.2 Å². The maximum Gasteiger partial charge on any atom is 0.200 e. The van der Waals surface area contributed by atoms with Crippen LogP contribution < -0.4 is 10.1 Å². The van der Waals surface area contributed by atoms with Gasteiger partial charge in [-0.1, -0.05) is 19.1 Å². The van der Waals surface area contributed by atoms with Crippen LogP contribution in [-0.2, 0) is 13.2 Å². The van der Waals surface area contributed by atoms with Crippen LogP contribution in [0.15, 0.2) is 36.4 Å². The predicted molar refractivity (Wildman–Crippen MR) is 74.5 cm³/mol. The summed E-state index contributed by atoms with van der Waals surface area (Å²) < 4.78 is 45.4. The predicted octanol–water partition coefficient (Wildman–Crippen LogP) is 3.79. The summed E-state index contributed by atoms with van der Waals surface area (Å²) in [5, 5.41) is 3.13. The van der Waals surface area contributed by atoms with Crippen LogP contribution in [0.25, 0.3) is 0 Å². The van der Waals surface area contributed by atoms with Gasteiger partial charge in [-0.15, -0.1) is 0 Å². The zero-order valence-electron chi connectivity index (χ0n) is 11.6. The second kappa shape index (κ2) is 7.13. The summed E-state index contributed by atoms with van der Waals surface area (Å²) in [5.74, 6) is -2.73. The second-order valence-electron chi connectivity index (χ2n) is 4.55. The van der Waals surface area contributed by atoms with Gasteiger partial charge < -0.3 is 10.1 Å². The summed E-state index contributed by atoms with van der Waals surface area (Å²) in [5.41, 5.74) is 1.20. The highest BCUT2D eigenvalue weighted by atomic mass is 19.2. The molecule has 2 rings (SSSR count). The van der Waals surface area contributed by atoms with Gasteiger partial charge in [0.05, 0.1) is 0 Å². The molecule has 0 heterocycles. The third kappa shape index (κ3) is 3.98. The van der Waals surface area contributed by atoms with Gasteiger partial charge in [0, 0.05) is 12.1 Å². The summed E-state index contributed by atoms with van der Waals surface area (Å²) in [6.07, 6.45) is 0. The van der Waals surface area contributed by atoms with Crippen LogP contribution in [0.1, 0.15) is 18.1 Å². The molecule has 2 aromatic rings. The third-order valence-electron chi connectivity index (χ3n) is 2.99. The van der Waals surface area contributed by atoms with Crippen molar-refractivity contribution in [1.82, 2.24) is 5.32 Å². The van der Waals surface area contributed by atoms with Crippen LogP contribution in [0, 0.1) is 17.5 Å². The molecule has 0 aromatic heterocycles. The van der Waals surface area contributed by atoms with Crippen LogP contribution in [-0.4, -0.2) is 6.54 Å². The van der Waals surface area contributed by atoms with E-state index in [2.05, 4.69) is 5.32 Å². The molecule has 2 aromatic carbocycles. The Morgan fingerprint density at radius 1 is 1.05 bits per heavy atom. The lowest BCUT2D eigenvalue weighted by Gasteiger charge is -2.10. The quantitative estimate of drug-likeness (QED) is 0.875. The first kappa shape index (κ1) is 15.4. The normalized spacial score (nSPS) is 10.7. The Labute approximate surface area is 121 Å². The summed E-state index contributed by atoms with van der Waals surface area (Å²) in [7, 11) is 0. The van der Waals surface area contributed by atoms with Gasteiger partial charge >= 0.3 is 0 Å². The zero-order chi connectivity index (χ0) is 15.2. The van der Waals surface area contributed by atoms with Crippen molar-refractivity contribution in [2.45, 2.75) is 20.1 Å². The van der Waals surface area contributed by atoms with E-state index in [1.54, 1.807) is 12.1 Å². The number of rotatable bonds is 6. The van der Waals surface area contributed by atoms with Crippen molar-refractivity contribution >= 4 is 0 Å². The zero-order valence-corrected chi connectivity index (χ0v) is 11.6. The van der Waals surface area contributed by atoms with E-state index in [0.29, 0.717) is 12.1 Å². The fraction of sp³-hybridized carbons (Fsp3) is 0.250. The number of halogens is 3. The lowest BCUT2D eigenvalue weighted by Crippen LogP contribution is -2.12. The number of nitrogens with one attached hydrogen (secondary N) is 1. The van der Waals surface area contributed by atoms with Gasteiger partial charge in [-0.2, -0.15) is 4.39 Å². The van der Waals surface area contributed by atoms with Crippen molar-refractivity contribution in [2.24, 2.45) is 0 Å². The first-order valence-electron chi connectivity index (χ1n) is 6.66. The van der Waals surface area contributed by atoms with Gasteiger partial charge in [-0.3, -0.25) is 0 Å². The highest BCUT2D eigenvalue weighted by Gasteiger charge is 2.10. The summed E-state index contributed by atoms with van der Waals surface area (Å²) in [6, 6.07) is 8.30. The Morgan fingerprint density at radius 3 is 2.62 bits per heavy atom. The van der Waals surface area contributed by atoms with Crippen molar-refractivity contribution in [1.29, 1.82) is 0 Å². The van der Waals surface area contributed by atoms with E-state index in [0.717, 1.165) is 18.2 Å². The molecule has 0 saturated heterocycles. The SMILES string of the molecule is CCNCc1ccc(F)c(COc2cccc(F)c2F)c1. The topological polar surface area (TPSA) is 21.3 Å². The van der Waals surface area contributed by atoms with Gasteiger partial charge in [-0.05, 0) is 36.4 Å². The summed E-state index contributed by atoms with van der Waals surface area (Å²) in [6.45, 7) is 3.22. The molecular formula is C16H16F3NO. The molecule has 0 unspecified atom stereocenters. The number of hydrogen-bond acceptors (Lipinski definition) is 2. The molecule has 1 N–H and O–H groups in total. The number of benzene rings is 2. The second-order valence-corrected chi connectivity index (χ2v) is 4.55. The Morgan fingerprint density at radius 2 is 1.86 bits per heavy atom. The van der Waals surface area contributed by atoms with Gasteiger partial charge in [0.25, 0.3) is 0 Å². The van der Waals surface area contributed by atoms with E-state index >= 15 is 0 Å². The van der Waals surface area contributed by atoms with E-state index in [-0.39, 0.29) is 12.4 Å². The van der Waals surface area contributed by atoms with Crippen LogP contribution in [0.3, 0.4) is 0 Å².